The fourth-order valence-electron chi connectivity index (χ4n) is 2.43. The summed E-state index contributed by atoms with van der Waals surface area (Å²) in [5.41, 5.74) is -0.241. The Kier molecular flexibility index (Phi) is 7.32. The highest BCUT2D eigenvalue weighted by molar-refractivity contribution is 7.92. The number of hydrogen-bond acceptors (Lipinski definition) is 8. The maximum Gasteiger partial charge on any atom is 0.339 e. The summed E-state index contributed by atoms with van der Waals surface area (Å²) in [6.45, 7) is -0.569. The summed E-state index contributed by atoms with van der Waals surface area (Å²) in [7, 11) is -2.15. The molecule has 0 aromatic heterocycles. The molecule has 2 aromatic rings. The largest absolute Gasteiger partial charge is 0.480 e. The molecule has 0 aliphatic rings. The molecular formula is C19H18N2O9S. The van der Waals surface area contributed by atoms with Crippen LogP contribution in [-0.2, 0) is 24.3 Å². The van der Waals surface area contributed by atoms with Crippen molar-refractivity contribution in [3.8, 4) is 0 Å². The molecule has 0 unspecified atom stereocenters. The number of carbonyl (C=O) groups is 4. The number of ether oxygens (including phenoxy) is 2. The Labute approximate surface area is 177 Å². The number of esters is 2. The van der Waals surface area contributed by atoms with Crippen LogP contribution in [0, 0.1) is 0 Å². The van der Waals surface area contributed by atoms with E-state index in [1.54, 1.807) is 0 Å². The molecule has 31 heavy (non-hydrogen) atoms. The van der Waals surface area contributed by atoms with Gasteiger partial charge in [0, 0.05) is 11.3 Å². The number of methoxy groups -OCH3 is 2. The van der Waals surface area contributed by atoms with Crippen molar-refractivity contribution in [1.82, 2.24) is 5.32 Å². The summed E-state index contributed by atoms with van der Waals surface area (Å²) in [4.78, 5) is 45.6. The summed E-state index contributed by atoms with van der Waals surface area (Å²) in [6.07, 6.45) is 0. The molecule has 0 radical (unpaired) electrons. The molecule has 0 saturated heterocycles. The highest BCUT2D eigenvalue weighted by Gasteiger charge is 2.25. The Morgan fingerprint density at radius 1 is 0.903 bits per heavy atom. The van der Waals surface area contributed by atoms with Gasteiger partial charge in [0.25, 0.3) is 15.9 Å². The van der Waals surface area contributed by atoms with Crippen molar-refractivity contribution in [3.05, 3.63) is 59.2 Å². The number of nitrogens with one attached hydrogen (secondary N) is 2. The Morgan fingerprint density at radius 3 is 2.03 bits per heavy atom. The number of carbonyl (C=O) groups excluding carboxylic acids is 3. The average molecular weight is 450 g/mol. The fraction of sp³-hybridized carbons (Fsp3) is 0.158. The number of aliphatic carboxylic acids is 1. The summed E-state index contributed by atoms with van der Waals surface area (Å²) >= 11 is 0. The van der Waals surface area contributed by atoms with Gasteiger partial charge in [0.15, 0.2) is 0 Å². The molecule has 12 heteroatoms. The molecule has 1 amide bonds. The van der Waals surface area contributed by atoms with Crippen LogP contribution in [0.1, 0.15) is 31.1 Å². The van der Waals surface area contributed by atoms with Crippen molar-refractivity contribution in [2.24, 2.45) is 0 Å². The van der Waals surface area contributed by atoms with Crippen LogP contribution >= 0.6 is 0 Å². The Balaban J connectivity index is 2.35. The van der Waals surface area contributed by atoms with Crippen LogP contribution < -0.4 is 10.0 Å². The van der Waals surface area contributed by atoms with E-state index in [0.717, 1.165) is 26.4 Å². The van der Waals surface area contributed by atoms with Crippen molar-refractivity contribution < 1.29 is 42.2 Å². The maximum absolute atomic E-state index is 12.9. The Morgan fingerprint density at radius 2 is 1.48 bits per heavy atom. The number of sulfonamides is 1. The number of carboxylic acid groups (broad SMARTS) is 1. The lowest BCUT2D eigenvalue weighted by molar-refractivity contribution is -0.135. The summed E-state index contributed by atoms with van der Waals surface area (Å²) in [5, 5.41) is 10.8. The second kappa shape index (κ2) is 9.71. The fourth-order valence-corrected chi connectivity index (χ4v) is 3.71. The van der Waals surface area contributed by atoms with E-state index in [-0.39, 0.29) is 22.4 Å². The molecule has 0 fully saturated rings. The van der Waals surface area contributed by atoms with Crippen LogP contribution in [0.2, 0.25) is 0 Å². The van der Waals surface area contributed by atoms with E-state index in [0.29, 0.717) is 0 Å². The van der Waals surface area contributed by atoms with Crippen molar-refractivity contribution in [3.63, 3.8) is 0 Å². The van der Waals surface area contributed by atoms with Gasteiger partial charge in [-0.2, -0.15) is 0 Å². The lowest BCUT2D eigenvalue weighted by Crippen LogP contribution is -2.29. The van der Waals surface area contributed by atoms with E-state index in [9.17, 15) is 27.6 Å². The first kappa shape index (κ1) is 23.3. The molecule has 2 rings (SSSR count). The van der Waals surface area contributed by atoms with E-state index in [2.05, 4.69) is 19.5 Å². The van der Waals surface area contributed by atoms with Crippen LogP contribution in [0.25, 0.3) is 0 Å². The number of hydrogen-bond donors (Lipinski definition) is 3. The van der Waals surface area contributed by atoms with E-state index < -0.39 is 45.3 Å². The van der Waals surface area contributed by atoms with Crippen molar-refractivity contribution in [2.75, 3.05) is 25.5 Å². The van der Waals surface area contributed by atoms with E-state index in [4.69, 9.17) is 5.11 Å². The second-order valence-electron chi connectivity index (χ2n) is 5.95. The second-order valence-corrected chi connectivity index (χ2v) is 7.60. The van der Waals surface area contributed by atoms with Gasteiger partial charge in [0.1, 0.15) is 11.4 Å². The van der Waals surface area contributed by atoms with Gasteiger partial charge in [-0.3, -0.25) is 14.3 Å². The predicted octanol–water partition coefficient (Wildman–Crippen LogP) is 0.875. The molecule has 0 saturated carbocycles. The molecule has 0 spiro atoms. The maximum atomic E-state index is 12.9. The molecule has 0 heterocycles. The van der Waals surface area contributed by atoms with Crippen molar-refractivity contribution in [1.29, 1.82) is 0 Å². The normalized spacial score (nSPS) is 10.6. The van der Waals surface area contributed by atoms with Gasteiger partial charge in [0.2, 0.25) is 0 Å². The first-order chi connectivity index (χ1) is 14.6. The van der Waals surface area contributed by atoms with Crippen LogP contribution in [0.4, 0.5) is 5.69 Å². The minimum atomic E-state index is -4.35. The summed E-state index contributed by atoms with van der Waals surface area (Å²) in [6, 6.07) is 8.44. The zero-order valence-corrected chi connectivity index (χ0v) is 17.2. The van der Waals surface area contributed by atoms with Crippen LogP contribution in [-0.4, -0.2) is 58.1 Å². The molecule has 2 aromatic carbocycles. The van der Waals surface area contributed by atoms with Gasteiger partial charge < -0.3 is 19.9 Å². The van der Waals surface area contributed by atoms with Gasteiger partial charge in [-0.1, -0.05) is 0 Å². The first-order valence-corrected chi connectivity index (χ1v) is 10.0. The highest BCUT2D eigenvalue weighted by atomic mass is 32.2. The minimum Gasteiger partial charge on any atom is -0.480 e. The molecule has 0 aliphatic carbocycles. The van der Waals surface area contributed by atoms with Gasteiger partial charge in [-0.05, 0) is 42.5 Å². The van der Waals surface area contributed by atoms with Gasteiger partial charge in [0.05, 0.1) is 25.3 Å². The third kappa shape index (κ3) is 5.79. The summed E-state index contributed by atoms with van der Waals surface area (Å²) in [5.74, 6) is -3.60. The SMILES string of the molecule is COC(=O)c1ccc(C(=O)OC)c(S(=O)(=O)Nc2ccc(C(=O)NCC(=O)O)cc2)c1. The Hall–Kier alpha value is -3.93. The quantitative estimate of drug-likeness (QED) is 0.495. The Bertz CT molecular complexity index is 1130. The minimum absolute atomic E-state index is 0.0501. The third-order valence-electron chi connectivity index (χ3n) is 3.90. The van der Waals surface area contributed by atoms with E-state index in [1.165, 1.54) is 30.3 Å². The number of benzene rings is 2. The lowest BCUT2D eigenvalue weighted by Gasteiger charge is -2.13. The van der Waals surface area contributed by atoms with E-state index >= 15 is 0 Å². The molecular weight excluding hydrogens is 432 g/mol. The molecule has 3 N–H and O–H groups in total. The highest BCUT2D eigenvalue weighted by Crippen LogP contribution is 2.23. The van der Waals surface area contributed by atoms with Crippen LogP contribution in [0.15, 0.2) is 47.4 Å². The van der Waals surface area contributed by atoms with Crippen LogP contribution in [0.5, 0.6) is 0 Å². The van der Waals surface area contributed by atoms with Crippen molar-refractivity contribution in [2.45, 2.75) is 4.90 Å². The van der Waals surface area contributed by atoms with Crippen molar-refractivity contribution >= 4 is 39.5 Å². The lowest BCUT2D eigenvalue weighted by atomic mass is 10.1. The van der Waals surface area contributed by atoms with E-state index in [1.807, 2.05) is 0 Å². The van der Waals surface area contributed by atoms with Gasteiger partial charge >= 0.3 is 17.9 Å². The van der Waals surface area contributed by atoms with Crippen LogP contribution in [0.3, 0.4) is 0 Å². The predicted molar refractivity (Wildman–Crippen MR) is 106 cm³/mol. The molecule has 0 bridgehead atoms. The molecule has 0 aliphatic heterocycles. The topological polar surface area (TPSA) is 165 Å². The number of amides is 1. The zero-order chi connectivity index (χ0) is 23.2. The first-order valence-electron chi connectivity index (χ1n) is 8.52. The standard InChI is InChI=1S/C19H18N2O9S/c1-29-18(25)12-5-8-14(19(26)30-2)15(9-12)31(27,28)21-13-6-3-11(4-7-13)17(24)20-10-16(22)23/h3-9,21H,10H2,1-2H3,(H,20,24)(H,22,23). The van der Waals surface area contributed by atoms with Gasteiger partial charge in [-0.25, -0.2) is 18.0 Å². The number of carboxylic acids is 1. The monoisotopic (exact) mass is 450 g/mol. The number of anilines is 1. The average Bonchev–Trinajstić information content (AvgIpc) is 2.76. The smallest absolute Gasteiger partial charge is 0.339 e. The van der Waals surface area contributed by atoms with Gasteiger partial charge in [-0.15, -0.1) is 0 Å². The number of rotatable bonds is 8. The molecule has 0 atom stereocenters. The summed E-state index contributed by atoms with van der Waals surface area (Å²) < 4.78 is 37.2. The third-order valence-corrected chi connectivity index (χ3v) is 5.32. The zero-order valence-electron chi connectivity index (χ0n) is 16.4. The molecule has 11 nitrogen and oxygen atoms in total. The molecule has 164 valence electrons.